The summed E-state index contributed by atoms with van der Waals surface area (Å²) in [6, 6.07) is 0.153. The third-order valence-corrected chi connectivity index (χ3v) is 11.6. The molecular weight excluding hydrogens is 354 g/mol. The summed E-state index contributed by atoms with van der Waals surface area (Å²) in [7, 11) is 0. The van der Waals surface area contributed by atoms with Crippen LogP contribution in [-0.2, 0) is 14.4 Å². The number of aliphatic imine (C=N–C) groups is 3. The first kappa shape index (κ1) is 15.0. The van der Waals surface area contributed by atoms with Gasteiger partial charge in [0.15, 0.2) is 0 Å². The Morgan fingerprint density at radius 1 is 0.786 bits per heavy atom. The molecule has 0 aliphatic heterocycles. The van der Waals surface area contributed by atoms with Gasteiger partial charge in [-0.2, -0.15) is 9.98 Å². The molecule has 0 aromatic carbocycles. The fourth-order valence-corrected chi connectivity index (χ4v) is 11.2. The minimum Gasteiger partial charge on any atom is -0.211 e. The Labute approximate surface area is 162 Å². The van der Waals surface area contributed by atoms with Crippen molar-refractivity contribution in [1.82, 2.24) is 0 Å². The van der Waals surface area contributed by atoms with Gasteiger partial charge in [-0.05, 0) is 89.8 Å². The van der Waals surface area contributed by atoms with E-state index in [4.69, 9.17) is 0 Å². The third-order valence-electron chi connectivity index (χ3n) is 11.6. The molecule has 28 heavy (non-hydrogen) atoms. The van der Waals surface area contributed by atoms with Gasteiger partial charge in [-0.15, -0.1) is 0 Å². The minimum atomic E-state index is -0.300. The van der Waals surface area contributed by atoms with Gasteiger partial charge in [-0.1, -0.05) is 6.92 Å². The maximum atomic E-state index is 11.5. The number of hydrogen-bond acceptors (Lipinski definition) is 6. The lowest BCUT2D eigenvalue weighted by Gasteiger charge is -2.77. The van der Waals surface area contributed by atoms with Gasteiger partial charge >= 0.3 is 0 Å². The Morgan fingerprint density at radius 3 is 2.36 bits per heavy atom. The summed E-state index contributed by atoms with van der Waals surface area (Å²) < 4.78 is 0. The molecule has 16 atom stereocenters. The van der Waals surface area contributed by atoms with E-state index in [1.807, 2.05) is 18.2 Å². The molecule has 8 saturated carbocycles. The van der Waals surface area contributed by atoms with Crippen LogP contribution in [0.5, 0.6) is 0 Å². The van der Waals surface area contributed by atoms with Crippen LogP contribution in [0.4, 0.5) is 0 Å². The van der Waals surface area contributed by atoms with Gasteiger partial charge in [0, 0.05) is 0 Å². The molecule has 0 N–H and O–H groups in total. The lowest BCUT2D eigenvalue weighted by atomic mass is 9.28. The zero-order valence-corrected chi connectivity index (χ0v) is 15.6. The second kappa shape index (κ2) is 4.05. The van der Waals surface area contributed by atoms with Crippen molar-refractivity contribution in [2.24, 2.45) is 91.9 Å². The van der Waals surface area contributed by atoms with Gasteiger partial charge in [0.1, 0.15) is 0 Å². The molecule has 0 saturated heterocycles. The van der Waals surface area contributed by atoms with E-state index in [0.29, 0.717) is 71.0 Å². The van der Waals surface area contributed by atoms with Gasteiger partial charge in [-0.25, -0.2) is 19.4 Å². The summed E-state index contributed by atoms with van der Waals surface area (Å²) >= 11 is 0. The predicted octanol–water partition coefficient (Wildman–Crippen LogP) is 1.76. The lowest BCUT2D eigenvalue weighted by molar-refractivity contribution is -0.280. The van der Waals surface area contributed by atoms with Gasteiger partial charge in [-0.3, -0.25) is 0 Å². The smallest absolute Gasteiger partial charge is 0.211 e. The molecule has 6 nitrogen and oxygen atoms in total. The number of hydrogen-bond donors (Lipinski definition) is 0. The van der Waals surface area contributed by atoms with Gasteiger partial charge in [0.2, 0.25) is 18.2 Å². The molecule has 8 rings (SSSR count). The van der Waals surface area contributed by atoms with Gasteiger partial charge in [0.25, 0.3) is 0 Å². The van der Waals surface area contributed by atoms with Crippen LogP contribution in [0.15, 0.2) is 15.0 Å². The van der Waals surface area contributed by atoms with Crippen LogP contribution in [0.3, 0.4) is 0 Å². The second-order valence-corrected chi connectivity index (χ2v) is 11.2. The van der Waals surface area contributed by atoms with E-state index in [0.717, 1.165) is 12.3 Å². The Morgan fingerprint density at radius 2 is 1.61 bits per heavy atom. The van der Waals surface area contributed by atoms with Crippen LogP contribution in [-0.4, -0.2) is 35.4 Å². The van der Waals surface area contributed by atoms with Crippen LogP contribution in [0.1, 0.15) is 19.8 Å². The molecule has 0 aromatic rings. The Balaban J connectivity index is 1.23. The third kappa shape index (κ3) is 1.11. The first-order valence-electron chi connectivity index (χ1n) is 10.9. The molecule has 0 bridgehead atoms. The van der Waals surface area contributed by atoms with E-state index >= 15 is 0 Å². The Hall–Kier alpha value is -1.86. The molecule has 8 fully saturated rings. The molecule has 0 spiro atoms. The molecule has 0 heterocycles. The molecular formula is C22H21N3O3. The monoisotopic (exact) mass is 375 g/mol. The summed E-state index contributed by atoms with van der Waals surface area (Å²) in [5.41, 5.74) is -0.459. The van der Waals surface area contributed by atoms with E-state index in [1.54, 1.807) is 0 Å². The molecule has 8 aliphatic rings. The van der Waals surface area contributed by atoms with Crippen molar-refractivity contribution in [3.8, 4) is 0 Å². The number of nitrogens with zero attached hydrogens (tertiary/aromatic N) is 3. The Bertz CT molecular complexity index is 1010. The van der Waals surface area contributed by atoms with E-state index < -0.39 is 0 Å². The molecule has 8 aliphatic carbocycles. The Kier molecular flexibility index (Phi) is 2.18. The highest BCUT2D eigenvalue weighted by molar-refractivity contribution is 5.51. The SMILES string of the molecule is C[C@@H]1C2C3C(N=C=O)C4CC4C3C2C2C3C4C5CC5(N=C=O)C4C3C21N=C=O. The first-order chi connectivity index (χ1) is 13.7. The van der Waals surface area contributed by atoms with Crippen LogP contribution < -0.4 is 0 Å². The molecule has 0 radical (unpaired) electrons. The van der Waals surface area contributed by atoms with Gasteiger partial charge in [0.05, 0.1) is 17.1 Å². The molecule has 6 heteroatoms. The summed E-state index contributed by atoms with van der Waals surface area (Å²) in [5, 5.41) is 0. The molecule has 15 unspecified atom stereocenters. The minimum absolute atomic E-state index is 0.153. The maximum absolute atomic E-state index is 11.5. The average molecular weight is 375 g/mol. The van der Waals surface area contributed by atoms with Crippen molar-refractivity contribution < 1.29 is 14.4 Å². The fourth-order valence-electron chi connectivity index (χ4n) is 11.2. The van der Waals surface area contributed by atoms with Crippen molar-refractivity contribution >= 4 is 18.2 Å². The van der Waals surface area contributed by atoms with E-state index in [2.05, 4.69) is 21.9 Å². The van der Waals surface area contributed by atoms with E-state index in [1.165, 1.54) is 6.42 Å². The highest BCUT2D eigenvalue weighted by atomic mass is 16.1. The average Bonchev–Trinajstić information content (AvgIpc) is 3.50. The zero-order chi connectivity index (χ0) is 18.7. The molecule has 0 amide bonds. The normalized spacial score (nSPS) is 71.0. The van der Waals surface area contributed by atoms with Crippen molar-refractivity contribution in [1.29, 1.82) is 0 Å². The van der Waals surface area contributed by atoms with Crippen LogP contribution in [0, 0.1) is 76.9 Å². The largest absolute Gasteiger partial charge is 0.235 e. The van der Waals surface area contributed by atoms with Crippen molar-refractivity contribution in [3.05, 3.63) is 0 Å². The number of rotatable bonds is 3. The summed E-state index contributed by atoms with van der Waals surface area (Å²) in [5.74, 6) is 7.22. The quantitative estimate of drug-likeness (QED) is 0.428. The highest BCUT2D eigenvalue weighted by Crippen LogP contribution is 2.93. The van der Waals surface area contributed by atoms with Crippen molar-refractivity contribution in [2.45, 2.75) is 36.9 Å². The van der Waals surface area contributed by atoms with Crippen molar-refractivity contribution in [2.75, 3.05) is 0 Å². The standard InChI is InChI=1S/C22H21N3O3/c1-7-11-14(12-8-2-9(8)20(15(11)12)23-4-26)17-16-13-10-3-21(10,24-5-27)18(13)19(16)22(7,17)25-6-28/h7-20H,2-3H2,1H3/t7-,8?,9?,10?,11?,12?,13?,14?,15?,16?,17?,18?,19?,20?,21?,22?/m1/s1. The first-order valence-corrected chi connectivity index (χ1v) is 10.9. The molecule has 142 valence electrons. The fraction of sp³-hybridized carbons (Fsp3) is 0.864. The van der Waals surface area contributed by atoms with Crippen molar-refractivity contribution in [3.63, 3.8) is 0 Å². The van der Waals surface area contributed by atoms with Gasteiger partial charge < -0.3 is 0 Å². The maximum Gasteiger partial charge on any atom is 0.235 e. The number of carbonyl (C=O) groups excluding carboxylic acids is 3. The van der Waals surface area contributed by atoms with E-state index in [9.17, 15) is 14.4 Å². The summed E-state index contributed by atoms with van der Waals surface area (Å²) in [4.78, 5) is 46.6. The van der Waals surface area contributed by atoms with Crippen LogP contribution in [0.25, 0.3) is 0 Å². The highest BCUT2D eigenvalue weighted by Gasteiger charge is 2.95. The predicted molar refractivity (Wildman–Crippen MR) is 93.9 cm³/mol. The molecule has 0 aromatic heterocycles. The second-order valence-electron chi connectivity index (χ2n) is 11.2. The topological polar surface area (TPSA) is 88.3 Å². The summed E-state index contributed by atoms with van der Waals surface area (Å²) in [6.07, 6.45) is 7.87. The van der Waals surface area contributed by atoms with Crippen LogP contribution in [0.2, 0.25) is 0 Å². The number of fused-ring (bicyclic) bond motifs is 17. The summed E-state index contributed by atoms with van der Waals surface area (Å²) in [6.45, 7) is 2.28. The zero-order valence-electron chi connectivity index (χ0n) is 15.6. The van der Waals surface area contributed by atoms with E-state index in [-0.39, 0.29) is 17.1 Å². The lowest BCUT2D eigenvalue weighted by Crippen LogP contribution is -2.81. The van der Waals surface area contributed by atoms with Crippen LogP contribution >= 0.6 is 0 Å². The number of isocyanates is 3.